The van der Waals surface area contributed by atoms with Crippen LogP contribution in [0.1, 0.15) is 45.1 Å². The molecule has 11 heteroatoms. The number of halogens is 1. The molecular weight excluding hydrogens is 518 g/mol. The van der Waals surface area contributed by atoms with E-state index in [1.165, 1.54) is 11.8 Å². The summed E-state index contributed by atoms with van der Waals surface area (Å²) in [7, 11) is -3.83. The van der Waals surface area contributed by atoms with E-state index in [0.717, 1.165) is 35.6 Å². The molecule has 0 unspecified atom stereocenters. The van der Waals surface area contributed by atoms with Crippen LogP contribution < -0.4 is 19.1 Å². The molecular formula is C26H32ClN3O6S. The van der Waals surface area contributed by atoms with Gasteiger partial charge in [-0.15, -0.1) is 0 Å². The lowest BCUT2D eigenvalue weighted by Crippen LogP contribution is -2.52. The molecule has 1 N–H and O–H groups in total. The van der Waals surface area contributed by atoms with Gasteiger partial charge in [0.15, 0.2) is 11.5 Å². The third kappa shape index (κ3) is 6.48. The highest BCUT2D eigenvalue weighted by molar-refractivity contribution is 7.92. The number of nitrogens with one attached hydrogen (secondary N) is 1. The number of carbonyl (C=O) groups is 2. The fourth-order valence-corrected chi connectivity index (χ4v) is 5.70. The zero-order chi connectivity index (χ0) is 26.6. The largest absolute Gasteiger partial charge is 0.454 e. The van der Waals surface area contributed by atoms with Gasteiger partial charge in [-0.2, -0.15) is 0 Å². The van der Waals surface area contributed by atoms with Gasteiger partial charge in [-0.3, -0.25) is 13.9 Å². The van der Waals surface area contributed by atoms with Crippen molar-refractivity contribution in [1.82, 2.24) is 10.2 Å². The number of fused-ring (bicyclic) bond motifs is 1. The Morgan fingerprint density at radius 1 is 1.08 bits per heavy atom. The summed E-state index contributed by atoms with van der Waals surface area (Å²) in [4.78, 5) is 28.3. The summed E-state index contributed by atoms with van der Waals surface area (Å²) < 4.78 is 38.0. The van der Waals surface area contributed by atoms with Gasteiger partial charge < -0.3 is 19.7 Å². The van der Waals surface area contributed by atoms with E-state index < -0.39 is 28.5 Å². The second kappa shape index (κ2) is 11.6. The summed E-state index contributed by atoms with van der Waals surface area (Å²) in [5.74, 6) is -0.0566. The SMILES string of the molecule is CCS(=O)(=O)N(CC(=O)N(Cc1ccc(Cl)cc1)[C@@H](C)C(=O)NC1CCCC1)c1ccc2c(c1)OCO2. The van der Waals surface area contributed by atoms with E-state index in [2.05, 4.69) is 5.32 Å². The van der Waals surface area contributed by atoms with E-state index in [4.69, 9.17) is 21.1 Å². The van der Waals surface area contributed by atoms with Gasteiger partial charge in [-0.1, -0.05) is 36.6 Å². The molecule has 2 aromatic carbocycles. The van der Waals surface area contributed by atoms with Crippen molar-refractivity contribution in [3.05, 3.63) is 53.1 Å². The molecule has 1 atom stereocenters. The van der Waals surface area contributed by atoms with E-state index >= 15 is 0 Å². The lowest BCUT2D eigenvalue weighted by atomic mass is 10.1. The molecule has 2 aromatic rings. The highest BCUT2D eigenvalue weighted by atomic mass is 35.5. The van der Waals surface area contributed by atoms with E-state index in [0.29, 0.717) is 16.5 Å². The molecule has 2 amide bonds. The minimum atomic E-state index is -3.83. The molecule has 1 saturated carbocycles. The van der Waals surface area contributed by atoms with Gasteiger partial charge in [-0.25, -0.2) is 8.42 Å². The number of hydrogen-bond donors (Lipinski definition) is 1. The van der Waals surface area contributed by atoms with Crippen LogP contribution in [0.4, 0.5) is 5.69 Å². The van der Waals surface area contributed by atoms with E-state index in [9.17, 15) is 18.0 Å². The lowest BCUT2D eigenvalue weighted by Gasteiger charge is -2.32. The van der Waals surface area contributed by atoms with Crippen molar-refractivity contribution < 1.29 is 27.5 Å². The summed E-state index contributed by atoms with van der Waals surface area (Å²) in [5, 5.41) is 3.60. The number of carbonyl (C=O) groups excluding carboxylic acids is 2. The first kappa shape index (κ1) is 27.1. The Morgan fingerprint density at radius 2 is 1.76 bits per heavy atom. The molecule has 1 fully saturated rings. The van der Waals surface area contributed by atoms with Crippen LogP contribution in [0.25, 0.3) is 0 Å². The minimum absolute atomic E-state index is 0.0424. The fourth-order valence-electron chi connectivity index (χ4n) is 4.52. The number of amides is 2. The standard InChI is InChI=1S/C26H32ClN3O6S/c1-3-37(33,34)30(22-12-13-23-24(14-22)36-17-35-23)16-25(31)29(15-19-8-10-20(27)11-9-19)18(2)26(32)28-21-6-4-5-7-21/h8-14,18,21H,3-7,15-17H2,1-2H3,(H,28,32)/t18-/m0/s1. The Bertz CT molecular complexity index is 1230. The smallest absolute Gasteiger partial charge is 0.244 e. The molecule has 0 radical (unpaired) electrons. The van der Waals surface area contributed by atoms with E-state index in [1.807, 2.05) is 0 Å². The van der Waals surface area contributed by atoms with Gasteiger partial charge in [0.25, 0.3) is 0 Å². The maximum atomic E-state index is 13.7. The maximum Gasteiger partial charge on any atom is 0.244 e. The molecule has 2 aliphatic rings. The van der Waals surface area contributed by atoms with Crippen LogP contribution in [-0.2, 0) is 26.2 Å². The second-order valence-corrected chi connectivity index (χ2v) is 11.9. The molecule has 200 valence electrons. The van der Waals surface area contributed by atoms with Crippen molar-refractivity contribution in [3.8, 4) is 11.5 Å². The molecule has 0 spiro atoms. The first-order valence-electron chi connectivity index (χ1n) is 12.4. The van der Waals surface area contributed by atoms with Crippen molar-refractivity contribution in [1.29, 1.82) is 0 Å². The number of sulfonamides is 1. The Labute approximate surface area is 222 Å². The van der Waals surface area contributed by atoms with E-state index in [-0.39, 0.29) is 36.7 Å². The van der Waals surface area contributed by atoms with E-state index in [1.54, 1.807) is 49.4 Å². The molecule has 1 aliphatic carbocycles. The molecule has 4 rings (SSSR count). The van der Waals surface area contributed by atoms with Crippen LogP contribution in [0.3, 0.4) is 0 Å². The van der Waals surface area contributed by atoms with Crippen LogP contribution in [0.5, 0.6) is 11.5 Å². The van der Waals surface area contributed by atoms with Gasteiger partial charge in [0, 0.05) is 23.7 Å². The molecule has 0 aromatic heterocycles. The van der Waals surface area contributed by atoms with Crippen LogP contribution in [0.15, 0.2) is 42.5 Å². The fraction of sp³-hybridized carbons (Fsp3) is 0.462. The van der Waals surface area contributed by atoms with Crippen molar-refractivity contribution in [2.24, 2.45) is 0 Å². The number of anilines is 1. The average molecular weight is 550 g/mol. The van der Waals surface area contributed by atoms with Crippen LogP contribution >= 0.6 is 11.6 Å². The van der Waals surface area contributed by atoms with Crippen molar-refractivity contribution in [3.63, 3.8) is 0 Å². The number of ether oxygens (including phenoxy) is 2. The van der Waals surface area contributed by atoms with Crippen molar-refractivity contribution in [2.75, 3.05) is 23.4 Å². The third-order valence-corrected chi connectivity index (χ3v) is 8.75. The van der Waals surface area contributed by atoms with Crippen LogP contribution in [-0.4, -0.2) is 56.3 Å². The van der Waals surface area contributed by atoms with Crippen molar-refractivity contribution in [2.45, 2.75) is 58.2 Å². The number of rotatable bonds is 10. The normalized spacial score (nSPS) is 15.9. The Hall–Kier alpha value is -2.98. The van der Waals surface area contributed by atoms with Gasteiger partial charge in [0.05, 0.1) is 11.4 Å². The highest BCUT2D eigenvalue weighted by Crippen LogP contribution is 2.36. The first-order valence-corrected chi connectivity index (χ1v) is 14.4. The summed E-state index contributed by atoms with van der Waals surface area (Å²) >= 11 is 6.02. The molecule has 9 nitrogen and oxygen atoms in total. The Morgan fingerprint density at radius 3 is 2.43 bits per heavy atom. The molecule has 1 aliphatic heterocycles. The number of benzene rings is 2. The summed E-state index contributed by atoms with van der Waals surface area (Å²) in [5.41, 5.74) is 1.06. The Kier molecular flexibility index (Phi) is 8.49. The predicted octanol–water partition coefficient (Wildman–Crippen LogP) is 3.70. The molecule has 1 heterocycles. The van der Waals surface area contributed by atoms with Gasteiger partial charge in [0.1, 0.15) is 12.6 Å². The quantitative estimate of drug-likeness (QED) is 0.484. The van der Waals surface area contributed by atoms with Crippen LogP contribution in [0, 0.1) is 0 Å². The number of hydrogen-bond acceptors (Lipinski definition) is 6. The summed E-state index contributed by atoms with van der Waals surface area (Å²) in [6.45, 7) is 2.88. The number of nitrogens with zero attached hydrogens (tertiary/aromatic N) is 2. The highest BCUT2D eigenvalue weighted by Gasteiger charge is 2.32. The Balaban J connectivity index is 1.61. The van der Waals surface area contributed by atoms with Crippen LogP contribution in [0.2, 0.25) is 5.02 Å². The topological polar surface area (TPSA) is 105 Å². The average Bonchev–Trinajstić information content (AvgIpc) is 3.57. The second-order valence-electron chi connectivity index (χ2n) is 9.26. The zero-order valence-electron chi connectivity index (χ0n) is 21.0. The van der Waals surface area contributed by atoms with Crippen molar-refractivity contribution >= 4 is 39.1 Å². The third-order valence-electron chi connectivity index (χ3n) is 6.76. The molecule has 0 bridgehead atoms. The zero-order valence-corrected chi connectivity index (χ0v) is 22.6. The van der Waals surface area contributed by atoms with Gasteiger partial charge in [-0.05, 0) is 56.5 Å². The predicted molar refractivity (Wildman–Crippen MR) is 141 cm³/mol. The first-order chi connectivity index (χ1) is 17.7. The minimum Gasteiger partial charge on any atom is -0.454 e. The van der Waals surface area contributed by atoms with Gasteiger partial charge >= 0.3 is 0 Å². The lowest BCUT2D eigenvalue weighted by molar-refractivity contribution is -0.139. The molecule has 0 saturated heterocycles. The molecule has 37 heavy (non-hydrogen) atoms. The summed E-state index contributed by atoms with van der Waals surface area (Å²) in [6, 6.07) is 11.0. The maximum absolute atomic E-state index is 13.7. The monoisotopic (exact) mass is 549 g/mol. The van der Waals surface area contributed by atoms with Gasteiger partial charge in [0.2, 0.25) is 28.6 Å². The summed E-state index contributed by atoms with van der Waals surface area (Å²) in [6.07, 6.45) is 3.95.